The van der Waals surface area contributed by atoms with Crippen LogP contribution in [0.2, 0.25) is 0 Å². The maximum atomic E-state index is 10.3. The van der Waals surface area contributed by atoms with Crippen LogP contribution in [0.5, 0.6) is 5.75 Å². The molecule has 0 aliphatic heterocycles. The Morgan fingerprint density at radius 3 is 2.36 bits per heavy atom. The molecule has 0 bridgehead atoms. The van der Waals surface area contributed by atoms with Gasteiger partial charge < -0.3 is 20.1 Å². The topological polar surface area (TPSA) is 69.9 Å². The third-order valence-corrected chi connectivity index (χ3v) is 4.95. The van der Waals surface area contributed by atoms with E-state index in [1.165, 1.54) is 0 Å². The summed E-state index contributed by atoms with van der Waals surface area (Å²) in [5.74, 6) is 0.763. The van der Waals surface area contributed by atoms with E-state index in [0.29, 0.717) is 25.0 Å². The molecular weight excluding hydrogens is 352 g/mol. The Hall–Kier alpha value is -2.40. The van der Waals surface area contributed by atoms with Crippen molar-refractivity contribution in [2.45, 2.75) is 52.1 Å². The number of allylic oxidation sites excluding steroid dienone is 3. The lowest BCUT2D eigenvalue weighted by molar-refractivity contribution is -0.0425. The maximum absolute atomic E-state index is 10.3. The predicted molar refractivity (Wildman–Crippen MR) is 113 cm³/mol. The van der Waals surface area contributed by atoms with E-state index in [-0.39, 0.29) is 0 Å². The van der Waals surface area contributed by atoms with Gasteiger partial charge in [-0.2, -0.15) is 0 Å². The maximum Gasteiger partial charge on any atom is 0.178 e. The van der Waals surface area contributed by atoms with Crippen molar-refractivity contribution in [2.24, 2.45) is 0 Å². The molecule has 28 heavy (non-hydrogen) atoms. The van der Waals surface area contributed by atoms with Crippen LogP contribution in [0.1, 0.15) is 56.6 Å². The van der Waals surface area contributed by atoms with Gasteiger partial charge in [-0.1, -0.05) is 68.5 Å². The second-order valence-electron chi connectivity index (χ2n) is 6.95. The van der Waals surface area contributed by atoms with E-state index >= 15 is 0 Å². The van der Waals surface area contributed by atoms with Gasteiger partial charge in [-0.25, -0.2) is 0 Å². The molecule has 0 atom stereocenters. The molecule has 0 saturated heterocycles. The molecule has 0 amide bonds. The van der Waals surface area contributed by atoms with E-state index in [1.54, 1.807) is 12.1 Å². The van der Waals surface area contributed by atoms with Crippen LogP contribution in [0, 0.1) is 0 Å². The van der Waals surface area contributed by atoms with E-state index in [0.717, 1.165) is 22.4 Å². The molecule has 0 radical (unpaired) electrons. The lowest BCUT2D eigenvalue weighted by Crippen LogP contribution is -2.22. The van der Waals surface area contributed by atoms with Crippen molar-refractivity contribution < 1.29 is 20.1 Å². The zero-order valence-electron chi connectivity index (χ0n) is 16.8. The van der Waals surface area contributed by atoms with Gasteiger partial charge >= 0.3 is 0 Å². The monoisotopic (exact) mass is 382 g/mol. The Morgan fingerprint density at radius 1 is 1.07 bits per heavy atom. The van der Waals surface area contributed by atoms with Crippen LogP contribution in [0.3, 0.4) is 0 Å². The number of benzene rings is 2. The molecule has 0 saturated carbocycles. The molecule has 3 N–H and O–H groups in total. The molecule has 0 spiro atoms. The molecule has 2 rings (SSSR count). The van der Waals surface area contributed by atoms with Gasteiger partial charge in [0.05, 0.1) is 5.60 Å². The van der Waals surface area contributed by atoms with Gasteiger partial charge in [-0.05, 0) is 48.6 Å². The Labute approximate surface area is 167 Å². The highest BCUT2D eigenvalue weighted by molar-refractivity contribution is 5.66. The fraction of sp³-hybridized carbons (Fsp3) is 0.333. The molecule has 0 aliphatic rings. The molecule has 0 unspecified atom stereocenters. The van der Waals surface area contributed by atoms with Crippen LogP contribution >= 0.6 is 0 Å². The average molecular weight is 383 g/mol. The zero-order valence-corrected chi connectivity index (χ0v) is 16.8. The van der Waals surface area contributed by atoms with E-state index in [4.69, 9.17) is 14.9 Å². The summed E-state index contributed by atoms with van der Waals surface area (Å²) in [4.78, 5) is 0. The Balaban J connectivity index is 2.02. The fourth-order valence-electron chi connectivity index (χ4n) is 2.74. The summed E-state index contributed by atoms with van der Waals surface area (Å²) in [5, 5.41) is 28.6. The van der Waals surface area contributed by atoms with Gasteiger partial charge in [0, 0.05) is 5.56 Å². The van der Waals surface area contributed by atoms with E-state index in [9.17, 15) is 5.11 Å². The van der Waals surface area contributed by atoms with Crippen LogP contribution in [-0.4, -0.2) is 20.9 Å². The number of hydrogen-bond donors (Lipinski definition) is 3. The molecule has 150 valence electrons. The number of rotatable bonds is 9. The second-order valence-corrected chi connectivity index (χ2v) is 6.95. The number of aliphatic hydroxyl groups excluding tert-OH is 1. The smallest absolute Gasteiger partial charge is 0.178 e. The van der Waals surface area contributed by atoms with Crippen LogP contribution in [0.4, 0.5) is 0 Å². The molecule has 0 heterocycles. The molecule has 2 aromatic rings. The summed E-state index contributed by atoms with van der Waals surface area (Å²) >= 11 is 0. The third-order valence-electron chi connectivity index (χ3n) is 4.95. The Kier molecular flexibility index (Phi) is 8.00. The molecule has 0 fully saturated rings. The zero-order chi connectivity index (χ0) is 20.6. The van der Waals surface area contributed by atoms with E-state index in [1.807, 2.05) is 75.4 Å². The van der Waals surface area contributed by atoms with Gasteiger partial charge in [0.25, 0.3) is 0 Å². The number of ether oxygens (including phenoxy) is 1. The minimum absolute atomic E-state index is 0.397. The first-order valence-electron chi connectivity index (χ1n) is 9.63. The van der Waals surface area contributed by atoms with Crippen LogP contribution in [0.15, 0.2) is 66.8 Å². The van der Waals surface area contributed by atoms with E-state index in [2.05, 4.69) is 0 Å². The highest BCUT2D eigenvalue weighted by Crippen LogP contribution is 2.22. The van der Waals surface area contributed by atoms with Crippen LogP contribution < -0.4 is 4.74 Å². The standard InChI is InChI=1S/C24H30O4/c1-4-24(27,5-2)15-7-8-18(3)21-9-6-10-22(16-21)28-17-19-11-13-20(14-12-19)23(25)26/h6-16,23,25-27H,4-5,17H2,1-3H3. The largest absolute Gasteiger partial charge is 0.489 e. The predicted octanol–water partition coefficient (Wildman–Crippen LogP) is 4.76. The van der Waals surface area contributed by atoms with Crippen molar-refractivity contribution in [1.29, 1.82) is 0 Å². The van der Waals surface area contributed by atoms with Gasteiger partial charge in [0.15, 0.2) is 6.29 Å². The summed E-state index contributed by atoms with van der Waals surface area (Å²) in [6.07, 6.45) is 5.68. The van der Waals surface area contributed by atoms with Crippen LogP contribution in [-0.2, 0) is 6.61 Å². The lowest BCUT2D eigenvalue weighted by Gasteiger charge is -2.19. The third kappa shape index (κ3) is 6.34. The minimum atomic E-state index is -1.46. The van der Waals surface area contributed by atoms with Crippen molar-refractivity contribution >= 4 is 5.57 Å². The lowest BCUT2D eigenvalue weighted by atomic mass is 9.96. The molecule has 0 aromatic heterocycles. The van der Waals surface area contributed by atoms with Crippen molar-refractivity contribution in [3.63, 3.8) is 0 Å². The minimum Gasteiger partial charge on any atom is -0.489 e. The molecule has 4 nitrogen and oxygen atoms in total. The first kappa shape index (κ1) is 21.9. The van der Waals surface area contributed by atoms with Gasteiger partial charge in [-0.3, -0.25) is 0 Å². The SMILES string of the molecule is CCC(O)(C=CC=C(C)c1cccc(OCc2ccc(C(O)O)cc2)c1)CC. The van der Waals surface area contributed by atoms with Gasteiger partial charge in [0.1, 0.15) is 12.4 Å². The molecular formula is C24H30O4. The summed E-state index contributed by atoms with van der Waals surface area (Å²) in [7, 11) is 0. The number of aliphatic hydroxyl groups is 3. The summed E-state index contributed by atoms with van der Waals surface area (Å²) in [6.45, 7) is 6.38. The van der Waals surface area contributed by atoms with Gasteiger partial charge in [0.2, 0.25) is 0 Å². The summed E-state index contributed by atoms with van der Waals surface area (Å²) in [5.41, 5.74) is 2.79. The van der Waals surface area contributed by atoms with Crippen molar-refractivity contribution in [3.8, 4) is 5.75 Å². The van der Waals surface area contributed by atoms with Crippen LogP contribution in [0.25, 0.3) is 5.57 Å². The first-order valence-corrected chi connectivity index (χ1v) is 9.63. The van der Waals surface area contributed by atoms with E-state index < -0.39 is 11.9 Å². The Bertz CT molecular complexity index is 800. The Morgan fingerprint density at radius 2 is 1.75 bits per heavy atom. The normalized spacial score (nSPS) is 12.8. The first-order chi connectivity index (χ1) is 13.4. The van der Waals surface area contributed by atoms with Crippen molar-refractivity contribution in [1.82, 2.24) is 0 Å². The molecule has 0 aliphatic carbocycles. The highest BCUT2D eigenvalue weighted by Gasteiger charge is 2.16. The number of hydrogen-bond acceptors (Lipinski definition) is 4. The summed E-state index contributed by atoms with van der Waals surface area (Å²) in [6, 6.07) is 14.8. The van der Waals surface area contributed by atoms with Gasteiger partial charge in [-0.15, -0.1) is 0 Å². The van der Waals surface area contributed by atoms with Crippen molar-refractivity contribution in [2.75, 3.05) is 0 Å². The highest BCUT2D eigenvalue weighted by atomic mass is 16.5. The molecule has 4 heteroatoms. The van der Waals surface area contributed by atoms with Crippen molar-refractivity contribution in [3.05, 3.63) is 83.4 Å². The fourth-order valence-corrected chi connectivity index (χ4v) is 2.74. The average Bonchev–Trinajstić information content (AvgIpc) is 2.72. The summed E-state index contributed by atoms with van der Waals surface area (Å²) < 4.78 is 5.87. The second kappa shape index (κ2) is 10.2. The molecule has 2 aromatic carbocycles. The quantitative estimate of drug-likeness (QED) is 0.432.